The first kappa shape index (κ1) is 39.3. The minimum atomic E-state index is -0.256. The lowest BCUT2D eigenvalue weighted by Gasteiger charge is -2.47. The predicted octanol–water partition coefficient (Wildman–Crippen LogP) is 5.33. The molecule has 4 aliphatic heterocycles. The normalized spacial score (nSPS) is 22.9. The molecule has 2 atom stereocenters. The number of rotatable bonds is 9. The van der Waals surface area contributed by atoms with Gasteiger partial charge in [-0.05, 0) is 101 Å². The van der Waals surface area contributed by atoms with Gasteiger partial charge in [-0.1, -0.05) is 25.0 Å². The van der Waals surface area contributed by atoms with Crippen LogP contribution in [0.15, 0.2) is 53.6 Å². The molecule has 7 heterocycles. The Morgan fingerprint density at radius 3 is 2.14 bits per heavy atom. The number of piperidine rings is 3. The van der Waals surface area contributed by atoms with E-state index >= 15 is 0 Å². The highest BCUT2D eigenvalue weighted by Gasteiger charge is 2.34. The first-order chi connectivity index (χ1) is 28.7. The summed E-state index contributed by atoms with van der Waals surface area (Å²) in [4.78, 5) is 74.5. The van der Waals surface area contributed by atoms with Crippen LogP contribution in [-0.2, 0) is 9.59 Å². The maximum Gasteiger partial charge on any atom is 0.263 e. The van der Waals surface area contributed by atoms with Crippen molar-refractivity contribution in [1.82, 2.24) is 34.6 Å². The minimum absolute atomic E-state index is 0.0258. The number of nitrogens with zero attached hydrogens (tertiary/aromatic N) is 8. The van der Waals surface area contributed by atoms with Gasteiger partial charge in [0.05, 0.1) is 23.4 Å². The fourth-order valence-electron chi connectivity index (χ4n) is 10.4. The number of pyridine rings is 2. The number of likely N-dealkylation sites (tertiary alicyclic amines) is 1. The van der Waals surface area contributed by atoms with Crippen LogP contribution in [0, 0.1) is 6.92 Å². The van der Waals surface area contributed by atoms with Crippen LogP contribution >= 0.6 is 0 Å². The van der Waals surface area contributed by atoms with E-state index in [0.29, 0.717) is 47.9 Å². The quantitative estimate of drug-likeness (QED) is 0.167. The second-order valence-electron chi connectivity index (χ2n) is 17.3. The summed E-state index contributed by atoms with van der Waals surface area (Å²) in [5.41, 5.74) is 4.47. The van der Waals surface area contributed by atoms with Crippen molar-refractivity contribution in [3.05, 3.63) is 75.8 Å². The number of nitrogens with one attached hydrogen (secondary N) is 2. The summed E-state index contributed by atoms with van der Waals surface area (Å²) in [5.74, 6) is 0.182. The first-order valence-corrected chi connectivity index (χ1v) is 21.8. The van der Waals surface area contributed by atoms with Crippen LogP contribution in [0.5, 0.6) is 0 Å². The molecule has 14 nitrogen and oxygen atoms in total. The van der Waals surface area contributed by atoms with Crippen molar-refractivity contribution in [3.8, 4) is 0 Å². The smallest absolute Gasteiger partial charge is 0.263 e. The van der Waals surface area contributed by atoms with Gasteiger partial charge in [-0.3, -0.25) is 38.9 Å². The van der Waals surface area contributed by atoms with Crippen LogP contribution < -0.4 is 26.0 Å². The van der Waals surface area contributed by atoms with E-state index in [9.17, 15) is 19.2 Å². The molecule has 310 valence electrons. The molecular formula is C45H56N10O4. The molecule has 1 aromatic carbocycles. The Bertz CT molecular complexity index is 2260. The number of imide groups is 1. The Kier molecular flexibility index (Phi) is 11.2. The van der Waals surface area contributed by atoms with Crippen LogP contribution in [0.1, 0.15) is 105 Å². The zero-order chi connectivity index (χ0) is 40.6. The van der Waals surface area contributed by atoms with Gasteiger partial charge in [0.2, 0.25) is 17.8 Å². The molecule has 1 saturated carbocycles. The molecular weight excluding hydrogens is 745 g/mol. The average Bonchev–Trinajstić information content (AvgIpc) is 3.79. The molecule has 59 heavy (non-hydrogen) atoms. The number of Topliss-reactive ketones (excluding diaryl/α,β-unsaturated/α-hetero) is 1. The summed E-state index contributed by atoms with van der Waals surface area (Å²) >= 11 is 0. The lowest BCUT2D eigenvalue weighted by atomic mass is 9.90. The van der Waals surface area contributed by atoms with Crippen molar-refractivity contribution >= 4 is 51.8 Å². The lowest BCUT2D eigenvalue weighted by Crippen LogP contribution is -2.57. The number of carbonyl (C=O) groups excluding carboxylic acids is 3. The van der Waals surface area contributed by atoms with Crippen molar-refractivity contribution in [3.63, 3.8) is 0 Å². The second-order valence-corrected chi connectivity index (χ2v) is 17.3. The molecule has 14 heteroatoms. The Balaban J connectivity index is 0.769. The second kappa shape index (κ2) is 16.8. The van der Waals surface area contributed by atoms with E-state index in [1.807, 2.05) is 19.2 Å². The van der Waals surface area contributed by atoms with E-state index < -0.39 is 0 Å². The van der Waals surface area contributed by atoms with Crippen LogP contribution in [0.3, 0.4) is 0 Å². The van der Waals surface area contributed by atoms with Gasteiger partial charge in [0, 0.05) is 87.6 Å². The van der Waals surface area contributed by atoms with Gasteiger partial charge in [0.15, 0.2) is 5.78 Å². The summed E-state index contributed by atoms with van der Waals surface area (Å²) in [7, 11) is 0. The zero-order valence-electron chi connectivity index (χ0n) is 34.4. The van der Waals surface area contributed by atoms with Crippen molar-refractivity contribution in [2.45, 2.75) is 102 Å². The molecule has 1 aliphatic carbocycles. The fourth-order valence-corrected chi connectivity index (χ4v) is 10.4. The molecule has 0 bridgehead atoms. The van der Waals surface area contributed by atoms with E-state index in [1.165, 1.54) is 32.0 Å². The van der Waals surface area contributed by atoms with Crippen LogP contribution in [-0.4, -0.2) is 111 Å². The van der Waals surface area contributed by atoms with Gasteiger partial charge in [-0.2, -0.15) is 4.98 Å². The Morgan fingerprint density at radius 1 is 0.729 bits per heavy atom. The SMILES string of the molecule is CC(=O)c1c(C)c2cnc(Nc3ccc(N4CCN(C5CCCN(C6CCN(c7ccc(C8CCC(=O)NC8=O)cc7)CC6)C5)CC4)cn3)nc2n(C2CCCC2)c1=O. The summed E-state index contributed by atoms with van der Waals surface area (Å²) in [5, 5.41) is 6.46. The highest BCUT2D eigenvalue weighted by molar-refractivity contribution is 6.01. The number of hydrogen-bond donors (Lipinski definition) is 2. The van der Waals surface area contributed by atoms with E-state index in [2.05, 4.69) is 65.5 Å². The standard InChI is InChI=1S/C45H56N10O4/c1-29-38-27-47-45(50-42(38)55(34-6-3-4-7-34)44(59)41(29)30(2)56)48-39-15-13-35(26-46-39)52-22-24-53(25-23-52)36-8-5-19-54(28-36)33-17-20-51(21-18-33)32-11-9-31(10-12-32)37-14-16-40(57)49-43(37)58/h9-13,15,26-27,33-34,36-37H,3-8,14,16-25,28H2,1-2H3,(H,49,57,58)(H,46,47,48,50). The van der Waals surface area contributed by atoms with Crippen molar-refractivity contribution < 1.29 is 14.4 Å². The third kappa shape index (κ3) is 8.08. The highest BCUT2D eigenvalue weighted by atomic mass is 16.2. The monoisotopic (exact) mass is 800 g/mol. The van der Waals surface area contributed by atoms with Gasteiger partial charge >= 0.3 is 0 Å². The molecule has 3 aromatic heterocycles. The summed E-state index contributed by atoms with van der Waals surface area (Å²) < 4.78 is 1.74. The fraction of sp³-hybridized carbons (Fsp3) is 0.533. The van der Waals surface area contributed by atoms with Crippen LogP contribution in [0.4, 0.5) is 23.1 Å². The summed E-state index contributed by atoms with van der Waals surface area (Å²) in [6, 6.07) is 13.7. The van der Waals surface area contributed by atoms with Crippen molar-refractivity contribution in [2.24, 2.45) is 0 Å². The van der Waals surface area contributed by atoms with Gasteiger partial charge in [-0.15, -0.1) is 0 Å². The molecule has 5 fully saturated rings. The number of carbonyl (C=O) groups is 3. The summed E-state index contributed by atoms with van der Waals surface area (Å²) in [6.07, 6.45) is 13.3. The molecule has 2 amide bonds. The maximum absolute atomic E-state index is 13.6. The van der Waals surface area contributed by atoms with Gasteiger partial charge < -0.3 is 15.1 Å². The van der Waals surface area contributed by atoms with E-state index in [4.69, 9.17) is 9.97 Å². The third-order valence-corrected chi connectivity index (χ3v) is 13.7. The number of benzene rings is 1. The van der Waals surface area contributed by atoms with Crippen LogP contribution in [0.2, 0.25) is 0 Å². The maximum atomic E-state index is 13.6. The molecule has 9 rings (SSSR count). The predicted molar refractivity (Wildman–Crippen MR) is 229 cm³/mol. The largest absolute Gasteiger partial charge is 0.371 e. The lowest BCUT2D eigenvalue weighted by molar-refractivity contribution is -0.134. The van der Waals surface area contributed by atoms with Gasteiger partial charge in [0.1, 0.15) is 11.5 Å². The number of aryl methyl sites for hydroxylation is 1. The Morgan fingerprint density at radius 2 is 1.44 bits per heavy atom. The highest BCUT2D eigenvalue weighted by Crippen LogP contribution is 2.33. The molecule has 4 aromatic rings. The van der Waals surface area contributed by atoms with Crippen LogP contribution in [0.25, 0.3) is 11.0 Å². The molecule has 2 N–H and O–H groups in total. The van der Waals surface area contributed by atoms with Gasteiger partial charge in [-0.25, -0.2) is 9.97 Å². The van der Waals surface area contributed by atoms with Gasteiger partial charge in [0.25, 0.3) is 5.56 Å². The molecule has 4 saturated heterocycles. The molecule has 0 spiro atoms. The Labute approximate surface area is 345 Å². The van der Waals surface area contributed by atoms with E-state index in [1.54, 1.807) is 10.8 Å². The van der Waals surface area contributed by atoms with E-state index in [0.717, 1.165) is 101 Å². The third-order valence-electron chi connectivity index (χ3n) is 13.7. The summed E-state index contributed by atoms with van der Waals surface area (Å²) in [6.45, 7) is 11.6. The minimum Gasteiger partial charge on any atom is -0.371 e. The number of anilines is 4. The number of hydrogen-bond acceptors (Lipinski definition) is 12. The zero-order valence-corrected chi connectivity index (χ0v) is 34.4. The first-order valence-electron chi connectivity index (χ1n) is 21.8. The Hall–Kier alpha value is -5.21. The number of amides is 2. The molecule has 5 aliphatic rings. The van der Waals surface area contributed by atoms with Crippen molar-refractivity contribution in [2.75, 3.05) is 67.5 Å². The number of fused-ring (bicyclic) bond motifs is 1. The van der Waals surface area contributed by atoms with E-state index in [-0.39, 0.29) is 40.7 Å². The molecule has 2 unspecified atom stereocenters. The number of piperazine rings is 1. The van der Waals surface area contributed by atoms with Crippen molar-refractivity contribution in [1.29, 1.82) is 0 Å². The average molecular weight is 801 g/mol. The number of ketones is 1. The molecule has 0 radical (unpaired) electrons. The number of aromatic nitrogens is 4. The topological polar surface area (TPSA) is 149 Å².